The van der Waals surface area contributed by atoms with E-state index in [-0.39, 0.29) is 6.67 Å². The number of hydrogen-bond acceptors (Lipinski definition) is 1. The zero-order chi connectivity index (χ0) is 27.9. The summed E-state index contributed by atoms with van der Waals surface area (Å²) in [4.78, 5) is 0. The van der Waals surface area contributed by atoms with Crippen LogP contribution in [0.15, 0.2) is 35.4 Å². The van der Waals surface area contributed by atoms with Crippen LogP contribution in [0.5, 0.6) is 5.75 Å². The number of allylic oxidation sites excluding steroid dienone is 4. The van der Waals surface area contributed by atoms with E-state index >= 15 is 0 Å². The third-order valence-corrected chi connectivity index (χ3v) is 35.5. The fraction of sp³-hybridized carbons (Fsp3) is 0.677. The quantitative estimate of drug-likeness (QED) is 0.221. The second-order valence-electron chi connectivity index (χ2n) is 14.4. The van der Waals surface area contributed by atoms with Crippen LogP contribution < -0.4 is 9.92 Å². The Kier molecular flexibility index (Phi) is 10.4. The number of hydrogen-bond donors (Lipinski definition) is 0. The molecule has 0 bridgehead atoms. The topological polar surface area (TPSA) is 9.23 Å². The molecule has 1 aliphatic rings. The number of benzene rings is 1. The van der Waals surface area contributed by atoms with Crippen LogP contribution in [0, 0.1) is 38.0 Å². The molecular formula is C31H57LuOSi3. The molecule has 0 aliphatic heterocycles. The van der Waals surface area contributed by atoms with Crippen LogP contribution in [-0.4, -0.2) is 31.3 Å². The van der Waals surface area contributed by atoms with Gasteiger partial charge >= 0.3 is 243 Å². The minimum atomic E-state index is -2.09. The first kappa shape index (κ1) is 32.6. The van der Waals surface area contributed by atoms with Crippen LogP contribution in [0.1, 0.15) is 59.6 Å². The summed E-state index contributed by atoms with van der Waals surface area (Å²) >= 11 is -0.833. The molecule has 1 aromatic carbocycles. The Morgan fingerprint density at radius 2 is 1.36 bits per heavy atom. The van der Waals surface area contributed by atoms with Gasteiger partial charge in [0, 0.05) is 0 Å². The van der Waals surface area contributed by atoms with Crippen LogP contribution in [0.3, 0.4) is 0 Å². The molecule has 1 atom stereocenters. The van der Waals surface area contributed by atoms with Crippen LogP contribution in [0.4, 0.5) is 0 Å². The molecule has 0 saturated heterocycles. The molecule has 0 aromatic heterocycles. The van der Waals surface area contributed by atoms with Crippen molar-refractivity contribution in [1.82, 2.24) is 0 Å². The Bertz CT molecular complexity index is 984. The molecule has 0 fully saturated rings. The molecule has 36 heavy (non-hydrogen) atoms. The Labute approximate surface area is 240 Å². The number of ether oxygens (including phenoxy) is 1. The maximum atomic E-state index is 6.44. The van der Waals surface area contributed by atoms with E-state index in [2.05, 4.69) is 119 Å². The van der Waals surface area contributed by atoms with Crippen molar-refractivity contribution in [2.24, 2.45) is 0 Å². The zero-order valence-corrected chi connectivity index (χ0v) is 31.0. The van der Waals surface area contributed by atoms with E-state index in [4.69, 9.17) is 4.74 Å². The third kappa shape index (κ3) is 6.57. The van der Waals surface area contributed by atoms with Gasteiger partial charge in [0.1, 0.15) is 0 Å². The molecule has 5 heteroatoms. The van der Waals surface area contributed by atoms with Gasteiger partial charge in [0.2, 0.25) is 0 Å². The summed E-state index contributed by atoms with van der Waals surface area (Å²) in [5, 5.41) is 1.61. The van der Waals surface area contributed by atoms with Crippen molar-refractivity contribution in [2.75, 3.05) is 7.11 Å². The number of rotatable bonds is 10. The Balaban J connectivity index is 3.09. The van der Waals surface area contributed by atoms with E-state index in [0.29, 0.717) is 0 Å². The van der Waals surface area contributed by atoms with Gasteiger partial charge in [-0.1, -0.05) is 0 Å². The van der Waals surface area contributed by atoms with Crippen LogP contribution in [0.25, 0.3) is 0 Å². The second-order valence-corrected chi connectivity index (χ2v) is 37.4. The van der Waals surface area contributed by atoms with Gasteiger partial charge in [-0.05, 0) is 0 Å². The molecule has 1 nitrogen and oxygen atoms in total. The Morgan fingerprint density at radius 1 is 0.861 bits per heavy atom. The molecule has 0 saturated carbocycles. The van der Waals surface area contributed by atoms with E-state index in [1.807, 2.05) is 7.11 Å². The molecule has 0 radical (unpaired) electrons. The van der Waals surface area contributed by atoms with Gasteiger partial charge in [-0.3, -0.25) is 0 Å². The van der Waals surface area contributed by atoms with Crippen LogP contribution in [-0.2, 0) is 5.41 Å². The van der Waals surface area contributed by atoms with Crippen molar-refractivity contribution in [3.63, 3.8) is 0 Å². The first-order valence-corrected chi connectivity index (χ1v) is 26.7. The molecule has 1 unspecified atom stereocenters. The van der Waals surface area contributed by atoms with Crippen LogP contribution >= 0.6 is 0 Å². The molecule has 214 valence electrons. The van der Waals surface area contributed by atoms with E-state index in [9.17, 15) is 0 Å². The number of methoxy groups -OCH3 is 1. The van der Waals surface area contributed by atoms with Gasteiger partial charge in [0.25, 0.3) is 0 Å². The SMILES string of the molecule is CC[Si](CC)(c1cc(C)cc(C(C)(C)C)c1OC)[C]1([Lu]([CH2][Si](C)(C)C)[CH2][Si](C)(C)C)C=C(C)C=C1C. The van der Waals surface area contributed by atoms with Crippen molar-refractivity contribution in [3.8, 4) is 5.75 Å². The minimum absolute atomic E-state index is 0.0540. The van der Waals surface area contributed by atoms with E-state index in [1.54, 1.807) is 10.8 Å². The monoisotopic (exact) mass is 704 g/mol. The fourth-order valence-electron chi connectivity index (χ4n) is 5.79. The van der Waals surface area contributed by atoms with Crippen LogP contribution in [0.2, 0.25) is 57.2 Å². The average molecular weight is 705 g/mol. The summed E-state index contributed by atoms with van der Waals surface area (Å²) in [6, 6.07) is 7.51. The molecule has 0 spiro atoms. The summed E-state index contributed by atoms with van der Waals surface area (Å²) in [5.74, 6) is 1.21. The predicted molar refractivity (Wildman–Crippen MR) is 169 cm³/mol. The molecular weight excluding hydrogens is 648 g/mol. The molecule has 1 aromatic rings. The summed E-state index contributed by atoms with van der Waals surface area (Å²) in [6.45, 7) is 35.0. The summed E-state index contributed by atoms with van der Waals surface area (Å²) in [7, 11) is -2.68. The predicted octanol–water partition coefficient (Wildman–Crippen LogP) is 9.81. The Hall–Kier alpha value is 0.384. The van der Waals surface area contributed by atoms with Crippen molar-refractivity contribution in [1.29, 1.82) is 0 Å². The number of aryl methyl sites for hydroxylation is 1. The standard InChI is InChI=1S/C23H35OSi.2C4H11Si.Lu/c1-10-25(11-2,20-14-16(3)12-18(20)5)21-15-17(4)13-19(22(21)24-9)23(6,7)8;2*1-5(2,3)4;/h12-15H,10-11H2,1-9H3;2*1H2,2-4H3;. The fourth-order valence-corrected chi connectivity index (χ4v) is 40.0. The molecule has 0 heterocycles. The second kappa shape index (κ2) is 11.5. The summed E-state index contributed by atoms with van der Waals surface area (Å²) < 4.78 is 9.73. The molecule has 2 rings (SSSR count). The molecule has 1 aliphatic carbocycles. The van der Waals surface area contributed by atoms with Crippen molar-refractivity contribution < 1.29 is 35.9 Å². The van der Waals surface area contributed by atoms with E-state index in [0.717, 1.165) is 0 Å². The van der Waals surface area contributed by atoms with Gasteiger partial charge in [-0.25, -0.2) is 0 Å². The maximum absolute atomic E-state index is 6.44. The van der Waals surface area contributed by atoms with Gasteiger partial charge in [0.05, 0.1) is 0 Å². The van der Waals surface area contributed by atoms with E-state index in [1.165, 1.54) is 39.1 Å². The summed E-state index contributed by atoms with van der Waals surface area (Å²) in [5.41, 5.74) is 6.03. The average Bonchev–Trinajstić information content (AvgIpc) is 3.01. The summed E-state index contributed by atoms with van der Waals surface area (Å²) in [6.07, 6.45) is 5.40. The first-order chi connectivity index (χ1) is 16.3. The van der Waals surface area contributed by atoms with Gasteiger partial charge < -0.3 is 0 Å². The van der Waals surface area contributed by atoms with Gasteiger partial charge in [-0.2, -0.15) is 0 Å². The van der Waals surface area contributed by atoms with Crippen molar-refractivity contribution in [2.45, 2.75) is 118 Å². The normalized spacial score (nSPS) is 19.8. The van der Waals surface area contributed by atoms with E-state index < -0.39 is 55.3 Å². The zero-order valence-electron chi connectivity index (χ0n) is 26.3. The Morgan fingerprint density at radius 3 is 1.69 bits per heavy atom. The third-order valence-electron chi connectivity index (χ3n) is 7.04. The first-order valence-electron chi connectivity index (χ1n) is 13.7. The van der Waals surface area contributed by atoms with Crippen molar-refractivity contribution >= 4 is 29.4 Å². The molecule has 0 amide bonds. The van der Waals surface area contributed by atoms with Crippen molar-refractivity contribution in [3.05, 3.63) is 46.6 Å². The molecule has 0 N–H and O–H groups in total. The van der Waals surface area contributed by atoms with Gasteiger partial charge in [-0.15, -0.1) is 0 Å². The van der Waals surface area contributed by atoms with Gasteiger partial charge in [0.15, 0.2) is 0 Å².